The molecule has 0 heterocycles. The molecule has 0 bridgehead atoms. The second kappa shape index (κ2) is 5.39. The van der Waals surface area contributed by atoms with E-state index in [9.17, 15) is 8.76 Å². The Bertz CT molecular complexity index is 227. The zero-order chi connectivity index (χ0) is 7.40. The van der Waals surface area contributed by atoms with E-state index in [-0.39, 0.29) is 18.9 Å². The van der Waals surface area contributed by atoms with Gasteiger partial charge in [0.05, 0.1) is 0 Å². The van der Waals surface area contributed by atoms with Crippen LogP contribution in [0.4, 0.5) is 0 Å². The van der Waals surface area contributed by atoms with Gasteiger partial charge in [-0.3, -0.25) is 0 Å². The molecule has 1 aromatic rings. The number of hydrogen-bond donors (Lipinski definition) is 0. The van der Waals surface area contributed by atoms with Crippen LogP contribution in [0.2, 0.25) is 0 Å². The molecule has 0 radical (unpaired) electrons. The van der Waals surface area contributed by atoms with Crippen LogP contribution < -0.4 is 23.0 Å². The van der Waals surface area contributed by atoms with Crippen molar-refractivity contribution in [1.82, 2.24) is 0 Å². The molecule has 0 aliphatic heterocycles. The molecular formula is C6H5LiO3S. The van der Waals surface area contributed by atoms with E-state index in [2.05, 4.69) is 4.18 Å². The molecule has 54 valence electrons. The monoisotopic (exact) mass is 164 g/mol. The van der Waals surface area contributed by atoms with E-state index >= 15 is 0 Å². The maximum Gasteiger partial charge on any atom is 1.00 e. The largest absolute Gasteiger partial charge is 1.00 e. The van der Waals surface area contributed by atoms with Gasteiger partial charge in [0.15, 0.2) is 0 Å². The Morgan fingerprint density at radius 3 is 2.27 bits per heavy atom. The number of hydrogen-bond acceptors (Lipinski definition) is 3. The molecule has 0 fully saturated rings. The first kappa shape index (κ1) is 10.7. The Balaban J connectivity index is 0.000001000. The van der Waals surface area contributed by atoms with Gasteiger partial charge in [0.1, 0.15) is 17.1 Å². The Morgan fingerprint density at radius 1 is 1.27 bits per heavy atom. The fraction of sp³-hybridized carbons (Fsp3) is 0. The van der Waals surface area contributed by atoms with Crippen molar-refractivity contribution in [3.8, 4) is 5.75 Å². The number of benzene rings is 1. The molecule has 0 aromatic heterocycles. The van der Waals surface area contributed by atoms with Crippen molar-refractivity contribution in [1.29, 1.82) is 0 Å². The van der Waals surface area contributed by atoms with E-state index in [1.807, 2.05) is 0 Å². The van der Waals surface area contributed by atoms with Crippen LogP contribution in [0.25, 0.3) is 0 Å². The van der Waals surface area contributed by atoms with Crippen LogP contribution in [-0.4, -0.2) is 8.76 Å². The van der Waals surface area contributed by atoms with E-state index in [0.29, 0.717) is 5.75 Å². The van der Waals surface area contributed by atoms with Gasteiger partial charge in [-0.25, -0.2) is 4.21 Å². The third-order valence-electron chi connectivity index (χ3n) is 0.907. The average Bonchev–Trinajstić information content (AvgIpc) is 1.88. The number of rotatable bonds is 2. The Hall–Kier alpha value is -0.273. The fourth-order valence-electron chi connectivity index (χ4n) is 0.555. The minimum absolute atomic E-state index is 0. The smallest absolute Gasteiger partial charge is 0.740 e. The predicted octanol–water partition coefficient (Wildman–Crippen LogP) is -2.14. The van der Waals surface area contributed by atoms with Crippen LogP contribution in [-0.2, 0) is 11.4 Å². The molecule has 1 atom stereocenters. The molecule has 0 spiro atoms. The van der Waals surface area contributed by atoms with Crippen LogP contribution in [0, 0.1) is 0 Å². The fourth-order valence-corrected chi connectivity index (χ4v) is 0.823. The molecule has 5 heteroatoms. The van der Waals surface area contributed by atoms with E-state index in [4.69, 9.17) is 0 Å². The molecule has 11 heavy (non-hydrogen) atoms. The van der Waals surface area contributed by atoms with E-state index < -0.39 is 11.4 Å². The zero-order valence-corrected chi connectivity index (χ0v) is 6.84. The molecule has 0 amide bonds. The van der Waals surface area contributed by atoms with Crippen molar-refractivity contribution in [2.24, 2.45) is 0 Å². The Labute approximate surface area is 79.4 Å². The summed E-state index contributed by atoms with van der Waals surface area (Å²) in [7, 11) is 0. The number of para-hydroxylation sites is 1. The normalized spacial score (nSPS) is 11.4. The topological polar surface area (TPSA) is 49.4 Å². The minimum atomic E-state index is -2.47. The summed E-state index contributed by atoms with van der Waals surface area (Å²) in [4.78, 5) is 0. The molecule has 1 rings (SSSR count). The Kier molecular flexibility index (Phi) is 5.25. The quantitative estimate of drug-likeness (QED) is 0.370. The van der Waals surface area contributed by atoms with Crippen molar-refractivity contribution in [2.45, 2.75) is 0 Å². The molecule has 1 aromatic carbocycles. The van der Waals surface area contributed by atoms with Crippen LogP contribution in [0.1, 0.15) is 0 Å². The first-order valence-electron chi connectivity index (χ1n) is 2.61. The Morgan fingerprint density at radius 2 is 1.82 bits per heavy atom. The van der Waals surface area contributed by atoms with Gasteiger partial charge < -0.3 is 8.74 Å². The third-order valence-corrected chi connectivity index (χ3v) is 1.24. The van der Waals surface area contributed by atoms with Crippen LogP contribution in [0.3, 0.4) is 0 Å². The summed E-state index contributed by atoms with van der Waals surface area (Å²) in [6, 6.07) is 8.30. The van der Waals surface area contributed by atoms with E-state index in [1.165, 1.54) is 0 Å². The van der Waals surface area contributed by atoms with E-state index in [1.54, 1.807) is 30.3 Å². The summed E-state index contributed by atoms with van der Waals surface area (Å²) < 4.78 is 24.2. The van der Waals surface area contributed by atoms with Gasteiger partial charge >= 0.3 is 18.9 Å². The van der Waals surface area contributed by atoms with Crippen LogP contribution in [0.15, 0.2) is 30.3 Å². The predicted molar refractivity (Wildman–Crippen MR) is 36.0 cm³/mol. The first-order chi connectivity index (χ1) is 4.79. The van der Waals surface area contributed by atoms with Crippen molar-refractivity contribution in [3.63, 3.8) is 0 Å². The van der Waals surface area contributed by atoms with E-state index in [0.717, 1.165) is 0 Å². The van der Waals surface area contributed by atoms with Crippen LogP contribution >= 0.6 is 0 Å². The van der Waals surface area contributed by atoms with Crippen LogP contribution in [0.5, 0.6) is 5.75 Å². The summed E-state index contributed by atoms with van der Waals surface area (Å²) in [6.07, 6.45) is 0. The van der Waals surface area contributed by atoms with Gasteiger partial charge in [0.25, 0.3) is 0 Å². The van der Waals surface area contributed by atoms with Gasteiger partial charge in [0.2, 0.25) is 0 Å². The summed E-state index contributed by atoms with van der Waals surface area (Å²) in [5.74, 6) is 0.329. The summed E-state index contributed by atoms with van der Waals surface area (Å²) in [5, 5.41) is 0. The first-order valence-corrected chi connectivity index (χ1v) is 3.61. The average molecular weight is 164 g/mol. The molecule has 0 saturated carbocycles. The molecule has 0 aliphatic rings. The molecular weight excluding hydrogens is 159 g/mol. The van der Waals surface area contributed by atoms with Crippen molar-refractivity contribution < 1.29 is 31.8 Å². The maximum absolute atomic E-state index is 9.95. The third kappa shape index (κ3) is 4.22. The van der Waals surface area contributed by atoms with Crippen molar-refractivity contribution in [3.05, 3.63) is 30.3 Å². The molecule has 0 N–H and O–H groups in total. The second-order valence-electron chi connectivity index (χ2n) is 1.60. The van der Waals surface area contributed by atoms with Gasteiger partial charge in [0, 0.05) is 0 Å². The van der Waals surface area contributed by atoms with Crippen molar-refractivity contribution in [2.75, 3.05) is 0 Å². The molecule has 3 nitrogen and oxygen atoms in total. The standard InChI is InChI=1S/C6H6O3S.Li/c7-10(8)9-6-4-2-1-3-5-6;/h1-5H,(H,7,8);/q;+1/p-1. The summed E-state index contributed by atoms with van der Waals surface area (Å²) in [5.41, 5.74) is 0. The summed E-state index contributed by atoms with van der Waals surface area (Å²) >= 11 is -2.47. The summed E-state index contributed by atoms with van der Waals surface area (Å²) in [6.45, 7) is 0. The maximum atomic E-state index is 9.95. The van der Waals surface area contributed by atoms with Gasteiger partial charge in [-0.15, -0.1) is 0 Å². The SMILES string of the molecule is O=S([O-])Oc1ccccc1.[Li+]. The minimum Gasteiger partial charge on any atom is -0.740 e. The van der Waals surface area contributed by atoms with Crippen molar-refractivity contribution >= 4 is 11.4 Å². The second-order valence-corrected chi connectivity index (χ2v) is 2.18. The van der Waals surface area contributed by atoms with Gasteiger partial charge in [-0.05, 0) is 12.1 Å². The molecule has 1 unspecified atom stereocenters. The zero-order valence-electron chi connectivity index (χ0n) is 6.02. The van der Waals surface area contributed by atoms with Gasteiger partial charge in [-0.2, -0.15) is 0 Å². The molecule has 0 saturated heterocycles. The molecule has 0 aliphatic carbocycles. The van der Waals surface area contributed by atoms with Gasteiger partial charge in [-0.1, -0.05) is 18.2 Å².